The molecule has 8 nitrogen and oxygen atoms in total. The molecular formula is C24H31IN6O2. The van der Waals surface area contributed by atoms with Gasteiger partial charge in [0.25, 0.3) is 0 Å². The first kappa shape index (κ1) is 24.8. The van der Waals surface area contributed by atoms with Crippen molar-refractivity contribution in [2.45, 2.75) is 39.4 Å². The summed E-state index contributed by atoms with van der Waals surface area (Å²) in [5.74, 6) is 4.18. The zero-order chi connectivity index (χ0) is 22.5. The first-order valence-electron chi connectivity index (χ1n) is 10.8. The van der Waals surface area contributed by atoms with Gasteiger partial charge in [0.2, 0.25) is 0 Å². The van der Waals surface area contributed by atoms with Gasteiger partial charge in [0.15, 0.2) is 11.8 Å². The van der Waals surface area contributed by atoms with Crippen LogP contribution in [-0.2, 0) is 20.1 Å². The van der Waals surface area contributed by atoms with Gasteiger partial charge in [-0.25, -0.2) is 4.99 Å². The average molecular weight is 562 g/mol. The van der Waals surface area contributed by atoms with Gasteiger partial charge in [-0.2, -0.15) is 0 Å². The number of hydrogen-bond acceptors (Lipinski definition) is 5. The third kappa shape index (κ3) is 5.95. The van der Waals surface area contributed by atoms with E-state index in [1.54, 1.807) is 7.11 Å². The molecule has 176 valence electrons. The normalized spacial score (nSPS) is 15.2. The summed E-state index contributed by atoms with van der Waals surface area (Å²) in [6.07, 6.45) is 0.856. The second-order valence-electron chi connectivity index (χ2n) is 7.93. The molecule has 0 saturated heterocycles. The number of benzene rings is 2. The maximum atomic E-state index is 5.82. The standard InChI is InChI=1S/C24H30N6O2.HI/c1-16-9-10-18(22(13-16)31-4)14-25-24(26-15-23-29-28-17(2)30(23)3)27-20-11-12-32-21-8-6-5-7-19(20)21;/h5-10,13,20H,11-12,14-15H2,1-4H3,(H2,25,26,27);1H. The fraction of sp³-hybridized carbons (Fsp3) is 0.375. The van der Waals surface area contributed by atoms with E-state index in [9.17, 15) is 0 Å². The maximum absolute atomic E-state index is 5.82. The number of nitrogens with zero attached hydrogens (tertiary/aromatic N) is 4. The SMILES string of the molecule is COc1cc(C)ccc1CN=C(NCc1nnc(C)n1C)NC1CCOc2ccccc21.I. The number of aryl methyl sites for hydroxylation is 2. The molecule has 0 aliphatic carbocycles. The van der Waals surface area contributed by atoms with E-state index in [0.29, 0.717) is 25.7 Å². The molecule has 9 heteroatoms. The Morgan fingerprint density at radius 3 is 2.79 bits per heavy atom. The Hall–Kier alpha value is -2.82. The smallest absolute Gasteiger partial charge is 0.192 e. The fourth-order valence-electron chi connectivity index (χ4n) is 3.72. The van der Waals surface area contributed by atoms with Gasteiger partial charge in [0.1, 0.15) is 17.3 Å². The summed E-state index contributed by atoms with van der Waals surface area (Å²) < 4.78 is 13.3. The van der Waals surface area contributed by atoms with Gasteiger partial charge in [-0.3, -0.25) is 0 Å². The highest BCUT2D eigenvalue weighted by Gasteiger charge is 2.22. The fourth-order valence-corrected chi connectivity index (χ4v) is 3.72. The molecule has 4 rings (SSSR count). The van der Waals surface area contributed by atoms with Crippen LogP contribution in [0, 0.1) is 13.8 Å². The number of aliphatic imine (C=N–C) groups is 1. The van der Waals surface area contributed by atoms with Crippen LogP contribution in [-0.4, -0.2) is 34.4 Å². The molecule has 0 bridgehead atoms. The largest absolute Gasteiger partial charge is 0.496 e. The second-order valence-corrected chi connectivity index (χ2v) is 7.93. The molecule has 0 radical (unpaired) electrons. The van der Waals surface area contributed by atoms with Gasteiger partial charge in [-0.1, -0.05) is 30.3 Å². The summed E-state index contributed by atoms with van der Waals surface area (Å²) in [5, 5.41) is 15.4. The van der Waals surface area contributed by atoms with Crippen LogP contribution in [0.25, 0.3) is 0 Å². The van der Waals surface area contributed by atoms with E-state index in [1.807, 2.05) is 42.8 Å². The Morgan fingerprint density at radius 1 is 1.21 bits per heavy atom. The molecule has 2 aromatic carbocycles. The molecule has 1 aliphatic rings. The zero-order valence-electron chi connectivity index (χ0n) is 19.5. The van der Waals surface area contributed by atoms with E-state index in [2.05, 4.69) is 46.0 Å². The van der Waals surface area contributed by atoms with Crippen molar-refractivity contribution in [3.63, 3.8) is 0 Å². The molecule has 1 atom stereocenters. The molecular weight excluding hydrogens is 531 g/mol. The van der Waals surface area contributed by atoms with Crippen LogP contribution >= 0.6 is 24.0 Å². The van der Waals surface area contributed by atoms with Crippen molar-refractivity contribution in [1.29, 1.82) is 0 Å². The van der Waals surface area contributed by atoms with Crippen molar-refractivity contribution in [3.8, 4) is 11.5 Å². The van der Waals surface area contributed by atoms with Crippen molar-refractivity contribution in [1.82, 2.24) is 25.4 Å². The predicted octanol–water partition coefficient (Wildman–Crippen LogP) is 3.82. The summed E-state index contributed by atoms with van der Waals surface area (Å²) in [6.45, 7) is 5.65. The highest BCUT2D eigenvalue weighted by atomic mass is 127. The van der Waals surface area contributed by atoms with Gasteiger partial charge < -0.3 is 24.7 Å². The quantitative estimate of drug-likeness (QED) is 0.270. The van der Waals surface area contributed by atoms with Gasteiger partial charge >= 0.3 is 0 Å². The summed E-state index contributed by atoms with van der Waals surface area (Å²) in [7, 11) is 3.65. The number of ether oxygens (including phenoxy) is 2. The van der Waals surface area contributed by atoms with Crippen molar-refractivity contribution in [2.24, 2.45) is 12.0 Å². The monoisotopic (exact) mass is 562 g/mol. The number of halogens is 1. The summed E-state index contributed by atoms with van der Waals surface area (Å²) in [4.78, 5) is 4.87. The number of hydrogen-bond donors (Lipinski definition) is 2. The van der Waals surface area contributed by atoms with Crippen molar-refractivity contribution in [2.75, 3.05) is 13.7 Å². The first-order valence-corrected chi connectivity index (χ1v) is 10.8. The molecule has 0 fully saturated rings. The average Bonchev–Trinajstić information content (AvgIpc) is 3.13. The Balaban J connectivity index is 0.00000306. The van der Waals surface area contributed by atoms with Crippen LogP contribution in [0.4, 0.5) is 0 Å². The lowest BCUT2D eigenvalue weighted by molar-refractivity contribution is 0.261. The van der Waals surface area contributed by atoms with Crippen LogP contribution in [0.2, 0.25) is 0 Å². The minimum absolute atomic E-state index is 0. The minimum atomic E-state index is 0. The number of methoxy groups -OCH3 is 1. The molecule has 2 heterocycles. The van der Waals surface area contributed by atoms with Crippen molar-refractivity contribution in [3.05, 3.63) is 70.8 Å². The van der Waals surface area contributed by atoms with E-state index >= 15 is 0 Å². The van der Waals surface area contributed by atoms with Crippen LogP contribution in [0.5, 0.6) is 11.5 Å². The van der Waals surface area contributed by atoms with Crippen LogP contribution in [0.15, 0.2) is 47.5 Å². The molecule has 0 saturated carbocycles. The highest BCUT2D eigenvalue weighted by Crippen LogP contribution is 2.31. The zero-order valence-corrected chi connectivity index (χ0v) is 21.8. The number of nitrogens with one attached hydrogen (secondary N) is 2. The Labute approximate surface area is 211 Å². The number of fused-ring (bicyclic) bond motifs is 1. The van der Waals surface area contributed by atoms with Gasteiger partial charge in [0.05, 0.1) is 32.8 Å². The predicted molar refractivity (Wildman–Crippen MR) is 139 cm³/mol. The molecule has 1 aromatic heterocycles. The lowest BCUT2D eigenvalue weighted by Crippen LogP contribution is -2.41. The maximum Gasteiger partial charge on any atom is 0.192 e. The second kappa shape index (κ2) is 11.4. The highest BCUT2D eigenvalue weighted by molar-refractivity contribution is 14.0. The number of para-hydroxylation sites is 1. The van der Waals surface area contributed by atoms with E-state index in [-0.39, 0.29) is 30.0 Å². The van der Waals surface area contributed by atoms with E-state index < -0.39 is 0 Å². The molecule has 0 amide bonds. The van der Waals surface area contributed by atoms with Crippen LogP contribution in [0.3, 0.4) is 0 Å². The lowest BCUT2D eigenvalue weighted by atomic mass is 10.0. The summed E-state index contributed by atoms with van der Waals surface area (Å²) >= 11 is 0. The molecule has 1 aliphatic heterocycles. The summed E-state index contributed by atoms with van der Waals surface area (Å²) in [5.41, 5.74) is 3.32. The van der Waals surface area contributed by atoms with E-state index in [4.69, 9.17) is 14.5 Å². The molecule has 3 aromatic rings. The molecule has 1 unspecified atom stereocenters. The number of guanidine groups is 1. The van der Waals surface area contributed by atoms with Crippen LogP contribution in [0.1, 0.15) is 40.8 Å². The van der Waals surface area contributed by atoms with Crippen molar-refractivity contribution < 1.29 is 9.47 Å². The Bertz CT molecular complexity index is 1110. The third-order valence-corrected chi connectivity index (χ3v) is 5.72. The van der Waals surface area contributed by atoms with Gasteiger partial charge in [-0.15, -0.1) is 34.2 Å². The van der Waals surface area contributed by atoms with Crippen molar-refractivity contribution >= 4 is 29.9 Å². The van der Waals surface area contributed by atoms with Crippen LogP contribution < -0.4 is 20.1 Å². The topological polar surface area (TPSA) is 85.6 Å². The lowest BCUT2D eigenvalue weighted by Gasteiger charge is -2.28. The van der Waals surface area contributed by atoms with Gasteiger partial charge in [0, 0.05) is 24.6 Å². The van der Waals surface area contributed by atoms with E-state index in [1.165, 1.54) is 0 Å². The number of rotatable bonds is 6. The first-order chi connectivity index (χ1) is 15.5. The Kier molecular flexibility index (Phi) is 8.54. The van der Waals surface area contributed by atoms with E-state index in [0.717, 1.165) is 46.3 Å². The van der Waals surface area contributed by atoms with Gasteiger partial charge in [-0.05, 0) is 31.5 Å². The Morgan fingerprint density at radius 2 is 2.03 bits per heavy atom. The number of aromatic nitrogens is 3. The minimum Gasteiger partial charge on any atom is -0.496 e. The molecule has 2 N–H and O–H groups in total. The summed E-state index contributed by atoms with van der Waals surface area (Å²) in [6, 6.07) is 14.4. The third-order valence-electron chi connectivity index (χ3n) is 5.72. The molecule has 33 heavy (non-hydrogen) atoms. The molecule has 0 spiro atoms.